The monoisotopic (exact) mass is 475 g/mol. The third kappa shape index (κ3) is 3.68. The Morgan fingerprint density at radius 3 is 2.83 bits per heavy atom. The van der Waals surface area contributed by atoms with Crippen LogP contribution in [-0.4, -0.2) is 26.4 Å². The second-order valence-corrected chi connectivity index (χ2v) is 8.99. The molecule has 6 heteroatoms. The zero-order chi connectivity index (χ0) is 20.4. The van der Waals surface area contributed by atoms with Crippen molar-refractivity contribution >= 4 is 44.7 Å². The van der Waals surface area contributed by atoms with Crippen LogP contribution in [0, 0.1) is 0 Å². The number of aryl methyl sites for hydroxylation is 4. The van der Waals surface area contributed by atoms with Crippen molar-refractivity contribution in [3.8, 4) is 11.1 Å². The van der Waals surface area contributed by atoms with Gasteiger partial charge >= 0.3 is 0 Å². The van der Waals surface area contributed by atoms with Gasteiger partial charge in [0.15, 0.2) is 6.29 Å². The Morgan fingerprint density at radius 2 is 2.07 bits per heavy atom. The van der Waals surface area contributed by atoms with Gasteiger partial charge in [0.2, 0.25) is 0 Å². The molecular weight excluding hydrogens is 450 g/mol. The van der Waals surface area contributed by atoms with Crippen LogP contribution < -0.4 is 0 Å². The minimum atomic E-state index is 0.734. The standard InChI is InChI=1S/C23H27BrClN3O/c1-2-18-22-19(27-26-18)9-5-3-4-6-13-28-20(14-29)15(8-7-12-24)16-10-11-17(25)21(22)23(16)28/h10-11,14H,2-9,12-13H2,1H3,(H,26,27). The number of rotatable bonds is 5. The maximum Gasteiger partial charge on any atom is 0.166 e. The first kappa shape index (κ1) is 20.7. The first-order valence-electron chi connectivity index (χ1n) is 10.6. The van der Waals surface area contributed by atoms with Crippen molar-refractivity contribution in [2.24, 2.45) is 0 Å². The van der Waals surface area contributed by atoms with Crippen LogP contribution in [-0.2, 0) is 25.8 Å². The third-order valence-electron chi connectivity index (χ3n) is 6.05. The van der Waals surface area contributed by atoms with Crippen LogP contribution in [0.25, 0.3) is 22.0 Å². The van der Waals surface area contributed by atoms with Crippen molar-refractivity contribution in [1.82, 2.24) is 14.8 Å². The fourth-order valence-electron chi connectivity index (χ4n) is 4.70. The first-order valence-corrected chi connectivity index (χ1v) is 12.1. The van der Waals surface area contributed by atoms with E-state index in [1.54, 1.807) is 0 Å². The average Bonchev–Trinajstić information content (AvgIpc) is 3.26. The summed E-state index contributed by atoms with van der Waals surface area (Å²) in [7, 11) is 0. The van der Waals surface area contributed by atoms with Gasteiger partial charge in [0, 0.05) is 34.1 Å². The number of halogens is 2. The summed E-state index contributed by atoms with van der Waals surface area (Å²) in [6, 6.07) is 4.09. The molecule has 0 atom stereocenters. The molecule has 0 aliphatic carbocycles. The molecular formula is C23H27BrClN3O. The first-order chi connectivity index (χ1) is 14.2. The summed E-state index contributed by atoms with van der Waals surface area (Å²) >= 11 is 10.4. The number of benzene rings is 1. The fourth-order valence-corrected chi connectivity index (χ4v) is 5.23. The molecule has 1 aliphatic heterocycles. The van der Waals surface area contributed by atoms with Gasteiger partial charge in [-0.05, 0) is 50.2 Å². The Hall–Kier alpha value is -1.59. The molecule has 0 amide bonds. The Balaban J connectivity index is 2.09. The van der Waals surface area contributed by atoms with Crippen molar-refractivity contribution in [3.63, 3.8) is 0 Å². The Bertz CT molecular complexity index is 1040. The quantitative estimate of drug-likeness (QED) is 0.337. The number of aldehydes is 1. The predicted molar refractivity (Wildman–Crippen MR) is 124 cm³/mol. The zero-order valence-corrected chi connectivity index (χ0v) is 19.2. The number of aromatic amines is 1. The summed E-state index contributed by atoms with van der Waals surface area (Å²) < 4.78 is 2.23. The smallest absolute Gasteiger partial charge is 0.166 e. The summed E-state index contributed by atoms with van der Waals surface area (Å²) in [6.07, 6.45) is 9.29. The van der Waals surface area contributed by atoms with Crippen molar-refractivity contribution in [3.05, 3.63) is 39.8 Å². The van der Waals surface area contributed by atoms with Crippen molar-refractivity contribution < 1.29 is 4.79 Å². The number of fused-ring (bicyclic) bond motifs is 2. The molecule has 0 bridgehead atoms. The summed E-state index contributed by atoms with van der Waals surface area (Å²) in [6.45, 7) is 2.98. The number of carbonyl (C=O) groups is 1. The highest BCUT2D eigenvalue weighted by Crippen LogP contribution is 2.42. The molecule has 3 heterocycles. The molecule has 1 N–H and O–H groups in total. The highest BCUT2D eigenvalue weighted by Gasteiger charge is 2.25. The summed E-state index contributed by atoms with van der Waals surface area (Å²) in [4.78, 5) is 12.2. The van der Waals surface area contributed by atoms with E-state index in [-0.39, 0.29) is 0 Å². The highest BCUT2D eigenvalue weighted by molar-refractivity contribution is 9.09. The van der Waals surface area contributed by atoms with Gasteiger partial charge < -0.3 is 4.57 Å². The van der Waals surface area contributed by atoms with E-state index in [1.165, 1.54) is 12.1 Å². The van der Waals surface area contributed by atoms with Gasteiger partial charge in [0.1, 0.15) is 0 Å². The minimum Gasteiger partial charge on any atom is -0.338 e. The van der Waals surface area contributed by atoms with Gasteiger partial charge in [-0.2, -0.15) is 5.10 Å². The van der Waals surface area contributed by atoms with Gasteiger partial charge in [-0.15, -0.1) is 0 Å². The summed E-state index contributed by atoms with van der Waals surface area (Å²) in [5, 5.41) is 10.7. The molecule has 0 fully saturated rings. The van der Waals surface area contributed by atoms with E-state index in [1.807, 2.05) is 6.07 Å². The molecule has 0 saturated heterocycles. The molecule has 3 aromatic rings. The van der Waals surface area contributed by atoms with Gasteiger partial charge in [0.05, 0.1) is 21.9 Å². The predicted octanol–water partition coefficient (Wildman–Crippen LogP) is 6.50. The van der Waals surface area contributed by atoms with E-state index in [2.05, 4.69) is 43.7 Å². The normalized spacial score (nSPS) is 14.6. The van der Waals surface area contributed by atoms with Crippen LogP contribution in [0.4, 0.5) is 0 Å². The lowest BCUT2D eigenvalue weighted by atomic mass is 9.95. The fraction of sp³-hybridized carbons (Fsp3) is 0.478. The van der Waals surface area contributed by atoms with Crippen LogP contribution in [0.1, 0.15) is 66.5 Å². The number of H-pyrrole nitrogens is 1. The number of aromatic nitrogens is 3. The van der Waals surface area contributed by atoms with E-state index in [9.17, 15) is 4.79 Å². The van der Waals surface area contributed by atoms with Gasteiger partial charge in [-0.1, -0.05) is 53.4 Å². The maximum absolute atomic E-state index is 12.2. The van der Waals surface area contributed by atoms with E-state index in [0.29, 0.717) is 0 Å². The Kier molecular flexibility index (Phi) is 6.45. The lowest BCUT2D eigenvalue weighted by Crippen LogP contribution is -2.05. The zero-order valence-electron chi connectivity index (χ0n) is 16.9. The number of nitrogens with zero attached hydrogens (tertiary/aromatic N) is 2. The molecule has 1 aliphatic rings. The summed E-state index contributed by atoms with van der Waals surface area (Å²) in [5.41, 5.74) is 7.47. The topological polar surface area (TPSA) is 50.7 Å². The van der Waals surface area contributed by atoms with Gasteiger partial charge in [-0.25, -0.2) is 0 Å². The number of carbonyl (C=O) groups excluding carboxylic acids is 1. The molecule has 4 rings (SSSR count). The molecule has 2 aromatic heterocycles. The molecule has 4 nitrogen and oxygen atoms in total. The van der Waals surface area contributed by atoms with Crippen molar-refractivity contribution in [2.75, 3.05) is 5.33 Å². The van der Waals surface area contributed by atoms with Crippen LogP contribution in [0.15, 0.2) is 12.1 Å². The van der Waals surface area contributed by atoms with E-state index < -0.39 is 0 Å². The average molecular weight is 477 g/mol. The van der Waals surface area contributed by atoms with Crippen molar-refractivity contribution in [2.45, 2.75) is 64.8 Å². The van der Waals surface area contributed by atoms with Crippen molar-refractivity contribution in [1.29, 1.82) is 0 Å². The Morgan fingerprint density at radius 1 is 1.24 bits per heavy atom. The Labute approximate surface area is 185 Å². The van der Waals surface area contributed by atoms with Crippen LogP contribution in [0.3, 0.4) is 0 Å². The van der Waals surface area contributed by atoms with E-state index >= 15 is 0 Å². The number of alkyl halides is 1. The lowest BCUT2D eigenvalue weighted by molar-refractivity contribution is 0.111. The molecule has 0 unspecified atom stereocenters. The van der Waals surface area contributed by atoms with E-state index in [0.717, 1.165) is 107 Å². The maximum atomic E-state index is 12.2. The molecule has 0 radical (unpaired) electrons. The number of nitrogens with one attached hydrogen (secondary N) is 1. The number of hydrogen-bond acceptors (Lipinski definition) is 2. The van der Waals surface area contributed by atoms with E-state index in [4.69, 9.17) is 11.6 Å². The molecule has 0 spiro atoms. The highest BCUT2D eigenvalue weighted by atomic mass is 79.9. The molecule has 154 valence electrons. The SMILES string of the molecule is CCc1n[nH]c2c1-c1c(Cl)ccc3c(CCCBr)c(C=O)n(c13)CCCCCC2. The second-order valence-electron chi connectivity index (χ2n) is 7.79. The third-order valence-corrected chi connectivity index (χ3v) is 6.93. The molecule has 0 saturated carbocycles. The van der Waals surface area contributed by atoms with Gasteiger partial charge in [0.25, 0.3) is 0 Å². The largest absolute Gasteiger partial charge is 0.338 e. The summed E-state index contributed by atoms with van der Waals surface area (Å²) in [5.74, 6) is 0. The lowest BCUT2D eigenvalue weighted by Gasteiger charge is -2.13. The van der Waals surface area contributed by atoms with Crippen LogP contribution >= 0.6 is 27.5 Å². The second kappa shape index (κ2) is 9.05. The van der Waals surface area contributed by atoms with Crippen LogP contribution in [0.2, 0.25) is 5.02 Å². The van der Waals surface area contributed by atoms with Gasteiger partial charge in [-0.3, -0.25) is 9.89 Å². The minimum absolute atomic E-state index is 0.734. The molecule has 1 aromatic carbocycles. The molecule has 29 heavy (non-hydrogen) atoms. The van der Waals surface area contributed by atoms with Crippen LogP contribution in [0.5, 0.6) is 0 Å². The number of hydrogen-bond donors (Lipinski definition) is 1.